The Labute approximate surface area is 116 Å². The average Bonchev–Trinajstić information content (AvgIpc) is 2.85. The number of hydrogen-bond donors (Lipinski definition) is 1. The lowest BCUT2D eigenvalue weighted by Gasteiger charge is -2.03. The molecular formula is C12H15N3O2S2. The summed E-state index contributed by atoms with van der Waals surface area (Å²) in [5, 5.41) is 2.23. The van der Waals surface area contributed by atoms with Crippen LogP contribution in [0, 0.1) is 0 Å². The van der Waals surface area contributed by atoms with Crippen LogP contribution in [0.4, 0.5) is 5.13 Å². The van der Waals surface area contributed by atoms with E-state index in [-0.39, 0.29) is 5.75 Å². The fraction of sp³-hybridized carbons (Fsp3) is 0.333. The molecule has 0 atom stereocenters. The van der Waals surface area contributed by atoms with Crippen molar-refractivity contribution in [2.24, 2.45) is 0 Å². The summed E-state index contributed by atoms with van der Waals surface area (Å²) in [6.07, 6.45) is 4.86. The Bertz CT molecular complexity index is 623. The van der Waals surface area contributed by atoms with Gasteiger partial charge in [-0.1, -0.05) is 13.3 Å². The second-order valence-corrected chi connectivity index (χ2v) is 6.75. The Balaban J connectivity index is 2.10. The SMILES string of the molecule is CCCCS(=O)(=O)Nc1nc(-c2ccncc2)cs1. The lowest BCUT2D eigenvalue weighted by atomic mass is 10.2. The zero-order valence-corrected chi connectivity index (χ0v) is 12.2. The van der Waals surface area contributed by atoms with Crippen molar-refractivity contribution in [2.75, 3.05) is 10.5 Å². The fourth-order valence-corrected chi connectivity index (χ4v) is 3.71. The molecule has 1 N–H and O–H groups in total. The number of aromatic nitrogens is 2. The quantitative estimate of drug-likeness (QED) is 0.890. The van der Waals surface area contributed by atoms with E-state index in [1.807, 2.05) is 24.4 Å². The van der Waals surface area contributed by atoms with E-state index in [1.165, 1.54) is 11.3 Å². The van der Waals surface area contributed by atoms with Crippen LogP contribution < -0.4 is 4.72 Å². The van der Waals surface area contributed by atoms with Crippen molar-refractivity contribution in [2.45, 2.75) is 19.8 Å². The Morgan fingerprint density at radius 3 is 2.74 bits per heavy atom. The number of nitrogens with one attached hydrogen (secondary N) is 1. The summed E-state index contributed by atoms with van der Waals surface area (Å²) in [6.45, 7) is 1.96. The monoisotopic (exact) mass is 297 g/mol. The maximum absolute atomic E-state index is 11.8. The summed E-state index contributed by atoms with van der Waals surface area (Å²) >= 11 is 1.28. The van der Waals surface area contributed by atoms with Gasteiger partial charge in [0.15, 0.2) is 5.13 Å². The van der Waals surface area contributed by atoms with Crippen LogP contribution in [-0.2, 0) is 10.0 Å². The average molecular weight is 297 g/mol. The number of rotatable bonds is 6. The zero-order valence-electron chi connectivity index (χ0n) is 10.5. The van der Waals surface area contributed by atoms with Gasteiger partial charge in [-0.05, 0) is 18.6 Å². The molecule has 0 aromatic carbocycles. The van der Waals surface area contributed by atoms with Gasteiger partial charge < -0.3 is 0 Å². The molecule has 0 radical (unpaired) electrons. The van der Waals surface area contributed by atoms with E-state index in [9.17, 15) is 8.42 Å². The summed E-state index contributed by atoms with van der Waals surface area (Å²) in [6, 6.07) is 3.68. The molecule has 7 heteroatoms. The van der Waals surface area contributed by atoms with Crippen LogP contribution in [0.1, 0.15) is 19.8 Å². The third-order valence-electron chi connectivity index (χ3n) is 2.49. The lowest BCUT2D eigenvalue weighted by Crippen LogP contribution is -2.16. The summed E-state index contributed by atoms with van der Waals surface area (Å²) in [5.74, 6) is 0.133. The fourth-order valence-electron chi connectivity index (χ4n) is 1.49. The molecule has 0 amide bonds. The van der Waals surface area contributed by atoms with Gasteiger partial charge in [-0.15, -0.1) is 11.3 Å². The van der Waals surface area contributed by atoms with E-state index in [2.05, 4.69) is 14.7 Å². The van der Waals surface area contributed by atoms with Gasteiger partial charge >= 0.3 is 0 Å². The van der Waals surface area contributed by atoms with Gasteiger partial charge in [-0.25, -0.2) is 13.4 Å². The molecular weight excluding hydrogens is 282 g/mol. The third kappa shape index (κ3) is 4.00. The molecule has 102 valence electrons. The normalized spacial score (nSPS) is 11.4. The highest BCUT2D eigenvalue weighted by molar-refractivity contribution is 7.92. The highest BCUT2D eigenvalue weighted by Gasteiger charge is 2.12. The van der Waals surface area contributed by atoms with Crippen LogP contribution in [0.5, 0.6) is 0 Å². The number of nitrogens with zero attached hydrogens (tertiary/aromatic N) is 2. The Hall–Kier alpha value is -1.47. The van der Waals surface area contributed by atoms with E-state index in [4.69, 9.17) is 0 Å². The van der Waals surface area contributed by atoms with E-state index in [1.54, 1.807) is 12.4 Å². The summed E-state index contributed by atoms with van der Waals surface area (Å²) in [5.41, 5.74) is 1.67. The molecule has 0 spiro atoms. The van der Waals surface area contributed by atoms with Crippen LogP contribution >= 0.6 is 11.3 Å². The molecule has 2 aromatic rings. The molecule has 2 heterocycles. The van der Waals surface area contributed by atoms with Gasteiger partial charge in [0.25, 0.3) is 0 Å². The molecule has 0 saturated heterocycles. The van der Waals surface area contributed by atoms with Crippen LogP contribution in [0.25, 0.3) is 11.3 Å². The minimum Gasteiger partial charge on any atom is -0.265 e. The van der Waals surface area contributed by atoms with Crippen molar-refractivity contribution in [3.63, 3.8) is 0 Å². The maximum Gasteiger partial charge on any atom is 0.234 e. The highest BCUT2D eigenvalue weighted by atomic mass is 32.2. The van der Waals surface area contributed by atoms with Gasteiger partial charge in [0.1, 0.15) is 0 Å². The van der Waals surface area contributed by atoms with Crippen LogP contribution in [0.15, 0.2) is 29.9 Å². The maximum atomic E-state index is 11.8. The van der Waals surface area contributed by atoms with Gasteiger partial charge in [-0.3, -0.25) is 9.71 Å². The molecule has 5 nitrogen and oxygen atoms in total. The minimum absolute atomic E-state index is 0.133. The lowest BCUT2D eigenvalue weighted by molar-refractivity contribution is 0.598. The molecule has 0 aliphatic rings. The first-order valence-corrected chi connectivity index (χ1v) is 8.50. The van der Waals surface area contributed by atoms with Crippen molar-refractivity contribution in [3.05, 3.63) is 29.9 Å². The molecule has 0 unspecified atom stereocenters. The van der Waals surface area contributed by atoms with Gasteiger partial charge in [0.2, 0.25) is 10.0 Å². The Morgan fingerprint density at radius 1 is 1.32 bits per heavy atom. The molecule has 0 aliphatic carbocycles. The second kappa shape index (κ2) is 6.12. The van der Waals surface area contributed by atoms with Gasteiger partial charge in [0.05, 0.1) is 11.4 Å². The van der Waals surface area contributed by atoms with E-state index < -0.39 is 10.0 Å². The number of anilines is 1. The second-order valence-electron chi connectivity index (χ2n) is 4.05. The molecule has 2 rings (SSSR count). The van der Waals surface area contributed by atoms with Crippen LogP contribution in [0.2, 0.25) is 0 Å². The molecule has 19 heavy (non-hydrogen) atoms. The van der Waals surface area contributed by atoms with Crippen molar-refractivity contribution in [1.29, 1.82) is 0 Å². The van der Waals surface area contributed by atoms with Gasteiger partial charge in [-0.2, -0.15) is 0 Å². The van der Waals surface area contributed by atoms with E-state index in [0.717, 1.165) is 17.7 Å². The number of thiazole rings is 1. The smallest absolute Gasteiger partial charge is 0.234 e. The zero-order chi connectivity index (χ0) is 13.7. The van der Waals surface area contributed by atoms with Gasteiger partial charge in [0, 0.05) is 23.3 Å². The summed E-state index contributed by atoms with van der Waals surface area (Å²) in [4.78, 5) is 8.21. The molecule has 0 bridgehead atoms. The molecule has 0 aliphatic heterocycles. The van der Waals surface area contributed by atoms with Crippen molar-refractivity contribution < 1.29 is 8.42 Å². The van der Waals surface area contributed by atoms with Crippen molar-refractivity contribution >= 4 is 26.5 Å². The summed E-state index contributed by atoms with van der Waals surface area (Å²) in [7, 11) is -3.28. The van der Waals surface area contributed by atoms with Crippen LogP contribution in [0.3, 0.4) is 0 Å². The van der Waals surface area contributed by atoms with Crippen molar-refractivity contribution in [1.82, 2.24) is 9.97 Å². The predicted octanol–water partition coefficient (Wildman–Crippen LogP) is 2.75. The topological polar surface area (TPSA) is 72.0 Å². The largest absolute Gasteiger partial charge is 0.265 e. The number of hydrogen-bond acceptors (Lipinski definition) is 5. The first-order chi connectivity index (χ1) is 9.11. The first kappa shape index (κ1) is 14.0. The molecule has 2 aromatic heterocycles. The highest BCUT2D eigenvalue weighted by Crippen LogP contribution is 2.24. The Kier molecular flexibility index (Phi) is 4.49. The first-order valence-electron chi connectivity index (χ1n) is 5.97. The Morgan fingerprint density at radius 2 is 2.05 bits per heavy atom. The number of sulfonamides is 1. The predicted molar refractivity (Wildman–Crippen MR) is 77.7 cm³/mol. The number of pyridine rings is 1. The van der Waals surface area contributed by atoms with E-state index >= 15 is 0 Å². The minimum atomic E-state index is -3.28. The van der Waals surface area contributed by atoms with Crippen molar-refractivity contribution in [3.8, 4) is 11.3 Å². The third-order valence-corrected chi connectivity index (χ3v) is 4.71. The van der Waals surface area contributed by atoms with E-state index in [0.29, 0.717) is 11.6 Å². The molecule has 0 saturated carbocycles. The summed E-state index contributed by atoms with van der Waals surface area (Å²) < 4.78 is 26.0. The standard InChI is InChI=1S/C12H15N3O2S2/c1-2-3-8-19(16,17)15-12-14-11(9-18-12)10-4-6-13-7-5-10/h4-7,9H,2-3,8H2,1H3,(H,14,15). The number of unbranched alkanes of at least 4 members (excludes halogenated alkanes) is 1. The molecule has 0 fully saturated rings. The van der Waals surface area contributed by atoms with Crippen LogP contribution in [-0.4, -0.2) is 24.1 Å².